The molecule has 0 spiro atoms. The molecule has 68 valence electrons. The Kier molecular flexibility index (Phi) is 2.62. The molecule has 0 bridgehead atoms. The van der Waals surface area contributed by atoms with Crippen LogP contribution in [-0.2, 0) is 0 Å². The highest BCUT2D eigenvalue weighted by Crippen LogP contribution is 2.49. The summed E-state index contributed by atoms with van der Waals surface area (Å²) in [5.74, 6) is 0. The smallest absolute Gasteiger partial charge is 0.426 e. The molecule has 0 aromatic rings. The first-order chi connectivity index (χ1) is 5.40. The summed E-state index contributed by atoms with van der Waals surface area (Å²) in [7, 11) is -1.25. The Balaban J connectivity index is 2.89. The first-order valence-electron chi connectivity index (χ1n) is 4.09. The number of allylic oxidation sites excluding steroid dienone is 1. The van der Waals surface area contributed by atoms with E-state index in [1.165, 1.54) is 11.8 Å². The second kappa shape index (κ2) is 3.09. The molecule has 0 aliphatic carbocycles. The van der Waals surface area contributed by atoms with Gasteiger partial charge >= 0.3 is 7.12 Å². The van der Waals surface area contributed by atoms with E-state index >= 15 is 0 Å². The van der Waals surface area contributed by atoms with Crippen molar-refractivity contribution in [3.63, 3.8) is 0 Å². The summed E-state index contributed by atoms with van der Waals surface area (Å²) in [6, 6.07) is 0. The maximum Gasteiger partial charge on any atom is 0.469 e. The van der Waals surface area contributed by atoms with Crippen molar-refractivity contribution in [2.45, 2.75) is 31.8 Å². The van der Waals surface area contributed by atoms with E-state index in [1.807, 2.05) is 32.3 Å². The van der Waals surface area contributed by atoms with Crippen molar-refractivity contribution >= 4 is 18.9 Å². The van der Waals surface area contributed by atoms with E-state index in [9.17, 15) is 10.0 Å². The second-order valence-corrected chi connectivity index (χ2v) is 5.44. The summed E-state index contributed by atoms with van der Waals surface area (Å²) in [5, 5.41) is 20.6. The molecule has 1 unspecified atom stereocenters. The van der Waals surface area contributed by atoms with Crippen LogP contribution in [0.25, 0.3) is 0 Å². The fourth-order valence-electron chi connectivity index (χ4n) is 1.48. The summed E-state index contributed by atoms with van der Waals surface area (Å²) in [6.07, 6.45) is 2.73. The van der Waals surface area contributed by atoms with Gasteiger partial charge in [0, 0.05) is 0 Å². The van der Waals surface area contributed by atoms with Crippen molar-refractivity contribution in [2.24, 2.45) is 5.41 Å². The molecule has 0 saturated heterocycles. The fourth-order valence-corrected chi connectivity index (χ4v) is 2.58. The van der Waals surface area contributed by atoms with Crippen LogP contribution in [0.3, 0.4) is 0 Å². The summed E-state index contributed by atoms with van der Waals surface area (Å²) in [4.78, 5) is 0. The van der Waals surface area contributed by atoms with Gasteiger partial charge in [-0.1, -0.05) is 26.8 Å². The molecular formula is C8H15BO2S. The zero-order valence-corrected chi connectivity index (χ0v) is 8.56. The highest BCUT2D eigenvalue weighted by atomic mass is 32.2. The second-order valence-electron chi connectivity index (χ2n) is 4.21. The molecule has 0 amide bonds. The van der Waals surface area contributed by atoms with Crippen LogP contribution in [0.2, 0.25) is 0 Å². The summed E-state index contributed by atoms with van der Waals surface area (Å²) in [5.41, 5.74) is -0.102. The third-order valence-corrected chi connectivity index (χ3v) is 4.22. The lowest BCUT2D eigenvalue weighted by Crippen LogP contribution is -2.51. The average molecular weight is 186 g/mol. The van der Waals surface area contributed by atoms with Gasteiger partial charge in [-0.25, -0.2) is 0 Å². The SMILES string of the molecule is CC(C)(C)C1(B(O)O)CC=CS1. The summed E-state index contributed by atoms with van der Waals surface area (Å²) < 4.78 is -0.451. The van der Waals surface area contributed by atoms with Crippen LogP contribution in [-0.4, -0.2) is 21.8 Å². The van der Waals surface area contributed by atoms with Gasteiger partial charge in [0.05, 0.1) is 4.65 Å². The topological polar surface area (TPSA) is 40.5 Å². The van der Waals surface area contributed by atoms with Gasteiger partial charge in [-0.05, 0) is 17.2 Å². The highest BCUT2D eigenvalue weighted by molar-refractivity contribution is 8.05. The van der Waals surface area contributed by atoms with Crippen LogP contribution < -0.4 is 0 Å². The quantitative estimate of drug-likeness (QED) is 0.608. The summed E-state index contributed by atoms with van der Waals surface area (Å²) in [6.45, 7) is 6.10. The van der Waals surface area contributed by atoms with Gasteiger partial charge in [-0.3, -0.25) is 0 Å². The Morgan fingerprint density at radius 3 is 2.17 bits per heavy atom. The predicted octanol–water partition coefficient (Wildman–Crippen LogP) is 1.43. The van der Waals surface area contributed by atoms with Gasteiger partial charge in [0.15, 0.2) is 0 Å². The molecule has 1 rings (SSSR count). The van der Waals surface area contributed by atoms with Gasteiger partial charge in [-0.15, -0.1) is 11.8 Å². The normalized spacial score (nSPS) is 29.4. The van der Waals surface area contributed by atoms with Crippen LogP contribution in [0.5, 0.6) is 0 Å². The van der Waals surface area contributed by atoms with E-state index in [0.717, 1.165) is 6.42 Å². The molecule has 0 radical (unpaired) electrons. The van der Waals surface area contributed by atoms with Crippen LogP contribution in [0, 0.1) is 5.41 Å². The average Bonchev–Trinajstić information content (AvgIpc) is 2.31. The van der Waals surface area contributed by atoms with E-state index in [2.05, 4.69) is 0 Å². The zero-order chi connectivity index (χ0) is 9.41. The summed E-state index contributed by atoms with van der Waals surface area (Å²) >= 11 is 1.52. The van der Waals surface area contributed by atoms with Crippen molar-refractivity contribution in [1.82, 2.24) is 0 Å². The van der Waals surface area contributed by atoms with Crippen LogP contribution in [0.1, 0.15) is 27.2 Å². The molecule has 0 saturated carbocycles. The molecule has 0 aromatic heterocycles. The lowest BCUT2D eigenvalue weighted by atomic mass is 9.57. The molecule has 1 aliphatic heterocycles. The Hall–Kier alpha value is 0.0749. The van der Waals surface area contributed by atoms with Gasteiger partial charge in [0.25, 0.3) is 0 Å². The molecule has 1 heterocycles. The van der Waals surface area contributed by atoms with Gasteiger partial charge in [-0.2, -0.15) is 0 Å². The lowest BCUT2D eigenvalue weighted by molar-refractivity contribution is 0.280. The Morgan fingerprint density at radius 1 is 1.42 bits per heavy atom. The number of thioether (sulfide) groups is 1. The third-order valence-electron chi connectivity index (χ3n) is 2.48. The minimum Gasteiger partial charge on any atom is -0.426 e. The highest BCUT2D eigenvalue weighted by Gasteiger charge is 2.52. The molecule has 0 aromatic carbocycles. The van der Waals surface area contributed by atoms with E-state index < -0.39 is 11.8 Å². The van der Waals surface area contributed by atoms with Crippen molar-refractivity contribution in [1.29, 1.82) is 0 Å². The molecular weight excluding hydrogens is 171 g/mol. The molecule has 4 heteroatoms. The monoisotopic (exact) mass is 186 g/mol. The minimum atomic E-state index is -1.25. The van der Waals surface area contributed by atoms with Crippen molar-refractivity contribution in [2.75, 3.05) is 0 Å². The molecule has 0 fully saturated rings. The maximum absolute atomic E-state index is 9.33. The van der Waals surface area contributed by atoms with E-state index in [4.69, 9.17) is 0 Å². The largest absolute Gasteiger partial charge is 0.469 e. The standard InChI is InChI=1S/C8H15BO2S/c1-7(2,3)8(9(10)11)5-4-6-12-8/h4,6,10-11H,5H2,1-3H3. The number of rotatable bonds is 1. The molecule has 12 heavy (non-hydrogen) atoms. The zero-order valence-electron chi connectivity index (χ0n) is 7.74. The minimum absolute atomic E-state index is 0.102. The Labute approximate surface area is 78.2 Å². The number of hydrogen-bond donors (Lipinski definition) is 2. The first-order valence-corrected chi connectivity index (χ1v) is 4.97. The van der Waals surface area contributed by atoms with Crippen molar-refractivity contribution in [3.05, 3.63) is 11.5 Å². The Morgan fingerprint density at radius 2 is 2.00 bits per heavy atom. The van der Waals surface area contributed by atoms with Crippen molar-refractivity contribution in [3.8, 4) is 0 Å². The maximum atomic E-state index is 9.33. The van der Waals surface area contributed by atoms with Crippen LogP contribution in [0.15, 0.2) is 11.5 Å². The third kappa shape index (κ3) is 1.43. The molecule has 1 atom stereocenters. The predicted molar refractivity (Wildman–Crippen MR) is 53.7 cm³/mol. The molecule has 2 nitrogen and oxygen atoms in total. The molecule has 2 N–H and O–H groups in total. The van der Waals surface area contributed by atoms with Crippen LogP contribution in [0.4, 0.5) is 0 Å². The van der Waals surface area contributed by atoms with E-state index in [-0.39, 0.29) is 5.41 Å². The number of hydrogen-bond acceptors (Lipinski definition) is 3. The van der Waals surface area contributed by atoms with Gasteiger partial charge in [0.2, 0.25) is 0 Å². The van der Waals surface area contributed by atoms with Gasteiger partial charge < -0.3 is 10.0 Å². The van der Waals surface area contributed by atoms with Crippen LogP contribution >= 0.6 is 11.8 Å². The fraction of sp³-hybridized carbons (Fsp3) is 0.750. The van der Waals surface area contributed by atoms with Gasteiger partial charge in [0.1, 0.15) is 0 Å². The van der Waals surface area contributed by atoms with E-state index in [1.54, 1.807) is 0 Å². The van der Waals surface area contributed by atoms with E-state index in [0.29, 0.717) is 0 Å². The van der Waals surface area contributed by atoms with Crippen molar-refractivity contribution < 1.29 is 10.0 Å². The molecule has 1 aliphatic rings. The Bertz CT molecular complexity index is 188. The first kappa shape index (κ1) is 10.2. The lowest BCUT2D eigenvalue weighted by Gasteiger charge is -2.40.